The highest BCUT2D eigenvalue weighted by atomic mass is 32.1. The number of nitrogens with one attached hydrogen (secondary N) is 1. The number of aromatic nitrogens is 4. The Labute approximate surface area is 149 Å². The molecule has 0 aromatic carbocycles. The third kappa shape index (κ3) is 4.23. The van der Waals surface area contributed by atoms with Gasteiger partial charge in [0.05, 0.1) is 23.0 Å². The van der Waals surface area contributed by atoms with E-state index < -0.39 is 17.0 Å². The molecule has 0 aliphatic carbocycles. The molecule has 136 valence electrons. The minimum Gasteiger partial charge on any atom is -0.272 e. The van der Waals surface area contributed by atoms with E-state index in [0.29, 0.717) is 17.0 Å². The summed E-state index contributed by atoms with van der Waals surface area (Å²) >= 11 is 0.848. The summed E-state index contributed by atoms with van der Waals surface area (Å²) in [6.45, 7) is 2.43. The van der Waals surface area contributed by atoms with Crippen LogP contribution in [0.5, 0.6) is 0 Å². The van der Waals surface area contributed by atoms with Crippen LogP contribution in [-0.4, -0.2) is 26.0 Å². The van der Waals surface area contributed by atoms with Crippen molar-refractivity contribution in [1.82, 2.24) is 19.7 Å². The number of hydrogen-bond donors (Lipinski definition) is 1. The first-order valence-electron chi connectivity index (χ1n) is 7.38. The highest BCUT2D eigenvalue weighted by Crippen LogP contribution is 2.31. The molecule has 0 amide bonds. The number of nitrogens with zero attached hydrogens (tertiary/aromatic N) is 5. The van der Waals surface area contributed by atoms with E-state index >= 15 is 0 Å². The number of thiophene rings is 1. The topological polar surface area (TPSA) is 68.0 Å². The summed E-state index contributed by atoms with van der Waals surface area (Å²) in [5, 5.41) is 7.40. The van der Waals surface area contributed by atoms with Gasteiger partial charge in [0.1, 0.15) is 0 Å². The molecule has 3 rings (SSSR count). The minimum atomic E-state index is -4.64. The van der Waals surface area contributed by atoms with Crippen LogP contribution in [0.3, 0.4) is 0 Å². The fraction of sp³-hybridized carbons (Fsp3) is 0.200. The lowest BCUT2D eigenvalue weighted by Crippen LogP contribution is -2.11. The highest BCUT2D eigenvalue weighted by Gasteiger charge is 2.34. The number of halogens is 4. The smallest absolute Gasteiger partial charge is 0.272 e. The molecule has 0 saturated carbocycles. The molecule has 0 bridgehead atoms. The van der Waals surface area contributed by atoms with E-state index in [9.17, 15) is 17.6 Å². The summed E-state index contributed by atoms with van der Waals surface area (Å²) in [6, 6.07) is 3.60. The molecule has 0 spiro atoms. The van der Waals surface area contributed by atoms with E-state index in [1.54, 1.807) is 10.9 Å². The summed E-state index contributed by atoms with van der Waals surface area (Å²) < 4.78 is 53.8. The largest absolute Gasteiger partial charge is 0.433 e. The van der Waals surface area contributed by atoms with Gasteiger partial charge in [-0.2, -0.15) is 27.8 Å². The maximum absolute atomic E-state index is 13.1. The number of hydrogen-bond acceptors (Lipinski definition) is 6. The first-order chi connectivity index (χ1) is 12.3. The molecule has 3 aromatic heterocycles. The van der Waals surface area contributed by atoms with Gasteiger partial charge in [0.15, 0.2) is 10.8 Å². The molecule has 1 N–H and O–H groups in total. The molecular weight excluding hydrogens is 372 g/mol. The molecule has 11 heteroatoms. The number of hydrazone groups is 1. The fourth-order valence-corrected chi connectivity index (χ4v) is 2.61. The van der Waals surface area contributed by atoms with Gasteiger partial charge < -0.3 is 0 Å². The Hall–Kier alpha value is -2.82. The van der Waals surface area contributed by atoms with Crippen molar-refractivity contribution in [2.45, 2.75) is 19.6 Å². The van der Waals surface area contributed by atoms with Gasteiger partial charge in [-0.25, -0.2) is 15.4 Å². The number of alkyl halides is 3. The first-order valence-corrected chi connectivity index (χ1v) is 8.20. The minimum absolute atomic E-state index is 0.0619. The maximum Gasteiger partial charge on any atom is 0.433 e. The molecule has 0 aliphatic rings. The van der Waals surface area contributed by atoms with E-state index in [4.69, 9.17) is 0 Å². The Morgan fingerprint density at radius 1 is 1.31 bits per heavy atom. The monoisotopic (exact) mass is 384 g/mol. The lowest BCUT2D eigenvalue weighted by atomic mass is 10.2. The van der Waals surface area contributed by atoms with Crippen LogP contribution in [0.2, 0.25) is 0 Å². The van der Waals surface area contributed by atoms with Crippen molar-refractivity contribution in [3.05, 3.63) is 46.3 Å². The summed E-state index contributed by atoms with van der Waals surface area (Å²) in [6.07, 6.45) is -0.362. The normalized spacial score (nSPS) is 12.0. The lowest BCUT2D eigenvalue weighted by molar-refractivity contribution is -0.141. The number of anilines is 1. The average Bonchev–Trinajstić information content (AvgIpc) is 3.23. The SMILES string of the molecule is CCn1cc(-c2cc(C(F)(F)F)nc(NN=Cc3ccc(F)s3)n2)cn1. The molecule has 0 fully saturated rings. The van der Waals surface area contributed by atoms with Crippen molar-refractivity contribution >= 4 is 23.5 Å². The van der Waals surface area contributed by atoms with Crippen LogP contribution in [0.25, 0.3) is 11.3 Å². The van der Waals surface area contributed by atoms with Gasteiger partial charge in [0.2, 0.25) is 5.95 Å². The first kappa shape index (κ1) is 18.0. The summed E-state index contributed by atoms with van der Waals surface area (Å²) in [5.74, 6) is -0.327. The standard InChI is InChI=1S/C15H12F4N6S/c1-2-25-8-9(6-21-25)11-5-12(15(17,18)19)23-14(22-11)24-20-7-10-3-4-13(16)26-10/h3-8H,2H2,1H3,(H,22,23,24). The van der Waals surface area contributed by atoms with Gasteiger partial charge in [0.25, 0.3) is 0 Å². The van der Waals surface area contributed by atoms with Crippen molar-refractivity contribution in [3.8, 4) is 11.3 Å². The summed E-state index contributed by atoms with van der Waals surface area (Å²) in [7, 11) is 0. The predicted molar refractivity (Wildman–Crippen MR) is 89.4 cm³/mol. The predicted octanol–water partition coefficient (Wildman–Crippen LogP) is 4.03. The van der Waals surface area contributed by atoms with Gasteiger partial charge in [0, 0.05) is 18.3 Å². The van der Waals surface area contributed by atoms with Crippen LogP contribution >= 0.6 is 11.3 Å². The van der Waals surface area contributed by atoms with Crippen LogP contribution in [0, 0.1) is 5.13 Å². The van der Waals surface area contributed by atoms with Gasteiger partial charge in [-0.3, -0.25) is 4.68 Å². The molecule has 3 heterocycles. The molecule has 0 unspecified atom stereocenters. The van der Waals surface area contributed by atoms with E-state index in [1.807, 2.05) is 6.92 Å². The van der Waals surface area contributed by atoms with Crippen LogP contribution in [0.1, 0.15) is 17.5 Å². The third-order valence-corrected chi connectivity index (χ3v) is 4.03. The van der Waals surface area contributed by atoms with Crippen molar-refractivity contribution in [1.29, 1.82) is 0 Å². The van der Waals surface area contributed by atoms with E-state index in [1.165, 1.54) is 24.5 Å². The molecule has 0 radical (unpaired) electrons. The Bertz CT molecular complexity index is 930. The molecule has 3 aromatic rings. The molecule has 0 atom stereocenters. The second-order valence-corrected chi connectivity index (χ2v) is 6.12. The Balaban J connectivity index is 1.90. The summed E-state index contributed by atoms with van der Waals surface area (Å²) in [5.41, 5.74) is 1.73. The lowest BCUT2D eigenvalue weighted by Gasteiger charge is -2.09. The van der Waals surface area contributed by atoms with Gasteiger partial charge in [-0.05, 0) is 25.1 Å². The third-order valence-electron chi connectivity index (χ3n) is 3.22. The van der Waals surface area contributed by atoms with Crippen molar-refractivity contribution in [2.24, 2.45) is 5.10 Å². The van der Waals surface area contributed by atoms with E-state index in [0.717, 1.165) is 17.4 Å². The van der Waals surface area contributed by atoms with Crippen LogP contribution in [0.15, 0.2) is 35.7 Å². The van der Waals surface area contributed by atoms with Crippen molar-refractivity contribution < 1.29 is 17.6 Å². The molecular formula is C15H12F4N6S. The maximum atomic E-state index is 13.1. The zero-order chi connectivity index (χ0) is 18.7. The Morgan fingerprint density at radius 3 is 2.73 bits per heavy atom. The van der Waals surface area contributed by atoms with Crippen molar-refractivity contribution in [3.63, 3.8) is 0 Å². The van der Waals surface area contributed by atoms with Gasteiger partial charge >= 0.3 is 6.18 Å². The van der Waals surface area contributed by atoms with Gasteiger partial charge in [-0.15, -0.1) is 11.3 Å². The summed E-state index contributed by atoms with van der Waals surface area (Å²) in [4.78, 5) is 7.97. The Morgan fingerprint density at radius 2 is 2.12 bits per heavy atom. The van der Waals surface area contributed by atoms with E-state index in [2.05, 4.69) is 25.6 Å². The Kier molecular flexibility index (Phi) is 4.98. The van der Waals surface area contributed by atoms with E-state index in [-0.39, 0.29) is 11.6 Å². The highest BCUT2D eigenvalue weighted by molar-refractivity contribution is 7.12. The average molecular weight is 384 g/mol. The number of aryl methyl sites for hydroxylation is 1. The van der Waals surface area contributed by atoms with Crippen LogP contribution in [-0.2, 0) is 12.7 Å². The molecule has 26 heavy (non-hydrogen) atoms. The van der Waals surface area contributed by atoms with Crippen LogP contribution in [0.4, 0.5) is 23.5 Å². The zero-order valence-corrected chi connectivity index (χ0v) is 14.1. The number of rotatable bonds is 5. The zero-order valence-electron chi connectivity index (χ0n) is 13.3. The molecule has 6 nitrogen and oxygen atoms in total. The van der Waals surface area contributed by atoms with Crippen molar-refractivity contribution in [2.75, 3.05) is 5.43 Å². The molecule has 0 saturated heterocycles. The fourth-order valence-electron chi connectivity index (χ4n) is 2.01. The van der Waals surface area contributed by atoms with Crippen LogP contribution < -0.4 is 5.43 Å². The molecule has 0 aliphatic heterocycles. The second-order valence-electron chi connectivity index (χ2n) is 5.06. The van der Waals surface area contributed by atoms with Gasteiger partial charge in [-0.1, -0.05) is 0 Å². The second kappa shape index (κ2) is 7.20. The quantitative estimate of drug-likeness (QED) is 0.410.